The van der Waals surface area contributed by atoms with Crippen molar-refractivity contribution in [2.24, 2.45) is 0 Å². The average Bonchev–Trinajstić information content (AvgIpc) is 2.41. The third kappa shape index (κ3) is 8.82. The van der Waals surface area contributed by atoms with Crippen LogP contribution in [0.25, 0.3) is 0 Å². The fraction of sp³-hybridized carbons (Fsp3) is 0.750. The lowest BCUT2D eigenvalue weighted by Crippen LogP contribution is -2.49. The molecule has 3 N–H and O–H groups in total. The minimum atomic E-state index is -1.47. The van der Waals surface area contributed by atoms with E-state index in [4.69, 9.17) is 19.7 Å². The second kappa shape index (κ2) is 10.9. The standard InChI is InChI=1S/C12H22N2O7/c1-20-6-3-4-14(5-7-21-2)12(19)13-9(11(17)18)8-10(15)16/h9H,3-8H2,1-2H3,(H,13,19)(H,15,16)(H,17,18). The molecule has 0 rings (SSSR count). The number of hydrogen-bond donors (Lipinski definition) is 3. The van der Waals surface area contributed by atoms with E-state index in [0.29, 0.717) is 19.6 Å². The highest BCUT2D eigenvalue weighted by Gasteiger charge is 2.25. The van der Waals surface area contributed by atoms with Gasteiger partial charge in [0.15, 0.2) is 0 Å². The summed E-state index contributed by atoms with van der Waals surface area (Å²) in [5.41, 5.74) is 0. The van der Waals surface area contributed by atoms with E-state index >= 15 is 0 Å². The maximum absolute atomic E-state index is 12.0. The molecule has 0 saturated heterocycles. The Morgan fingerprint density at radius 2 is 1.71 bits per heavy atom. The molecule has 0 aliphatic rings. The number of carboxylic acid groups (broad SMARTS) is 2. The molecule has 0 heterocycles. The van der Waals surface area contributed by atoms with Crippen molar-refractivity contribution in [1.82, 2.24) is 10.2 Å². The van der Waals surface area contributed by atoms with Crippen molar-refractivity contribution in [2.45, 2.75) is 18.9 Å². The number of hydrogen-bond acceptors (Lipinski definition) is 5. The second-order valence-corrected chi connectivity index (χ2v) is 4.26. The lowest BCUT2D eigenvalue weighted by Gasteiger charge is -2.24. The van der Waals surface area contributed by atoms with Gasteiger partial charge in [-0.2, -0.15) is 0 Å². The third-order valence-electron chi connectivity index (χ3n) is 2.60. The van der Waals surface area contributed by atoms with Crippen LogP contribution in [-0.4, -0.2) is 79.6 Å². The van der Waals surface area contributed by atoms with Crippen molar-refractivity contribution >= 4 is 18.0 Å². The zero-order valence-corrected chi connectivity index (χ0v) is 12.2. The van der Waals surface area contributed by atoms with Crippen LogP contribution < -0.4 is 5.32 Å². The summed E-state index contributed by atoms with van der Waals surface area (Å²) < 4.78 is 9.77. The minimum Gasteiger partial charge on any atom is -0.481 e. The van der Waals surface area contributed by atoms with Gasteiger partial charge in [-0.25, -0.2) is 9.59 Å². The molecular weight excluding hydrogens is 284 g/mol. The molecule has 122 valence electrons. The molecule has 9 nitrogen and oxygen atoms in total. The first-order valence-corrected chi connectivity index (χ1v) is 6.40. The smallest absolute Gasteiger partial charge is 0.326 e. The summed E-state index contributed by atoms with van der Waals surface area (Å²) in [4.78, 5) is 34.9. The monoisotopic (exact) mass is 306 g/mol. The van der Waals surface area contributed by atoms with Gasteiger partial charge in [0.05, 0.1) is 13.0 Å². The number of ether oxygens (including phenoxy) is 2. The zero-order valence-electron chi connectivity index (χ0n) is 12.2. The van der Waals surface area contributed by atoms with E-state index in [1.165, 1.54) is 19.1 Å². The van der Waals surface area contributed by atoms with Crippen LogP contribution in [0.3, 0.4) is 0 Å². The van der Waals surface area contributed by atoms with Crippen LogP contribution >= 0.6 is 0 Å². The van der Waals surface area contributed by atoms with Gasteiger partial charge in [0.1, 0.15) is 6.04 Å². The van der Waals surface area contributed by atoms with E-state index in [1.54, 1.807) is 0 Å². The first kappa shape index (κ1) is 19.1. The summed E-state index contributed by atoms with van der Waals surface area (Å²) in [5, 5.41) is 19.7. The molecule has 1 atom stereocenters. The Kier molecular flexibility index (Phi) is 9.90. The first-order chi connectivity index (χ1) is 9.92. The molecule has 0 radical (unpaired) electrons. The highest BCUT2D eigenvalue weighted by atomic mass is 16.5. The number of carbonyl (C=O) groups is 3. The molecule has 0 aliphatic heterocycles. The van der Waals surface area contributed by atoms with E-state index in [1.807, 2.05) is 0 Å². The number of carbonyl (C=O) groups excluding carboxylic acids is 1. The van der Waals surface area contributed by atoms with E-state index in [0.717, 1.165) is 0 Å². The van der Waals surface area contributed by atoms with Crippen LogP contribution in [0.4, 0.5) is 4.79 Å². The van der Waals surface area contributed by atoms with Crippen molar-refractivity contribution < 1.29 is 34.1 Å². The van der Waals surface area contributed by atoms with Gasteiger partial charge in [0.25, 0.3) is 0 Å². The largest absolute Gasteiger partial charge is 0.481 e. The number of amides is 2. The number of carboxylic acids is 2. The van der Waals surface area contributed by atoms with Crippen molar-refractivity contribution in [2.75, 3.05) is 40.5 Å². The predicted octanol–water partition coefficient (Wildman–Crippen LogP) is -0.391. The molecule has 0 aromatic heterocycles. The maximum Gasteiger partial charge on any atom is 0.326 e. The number of urea groups is 1. The number of nitrogens with zero attached hydrogens (tertiary/aromatic N) is 1. The van der Waals surface area contributed by atoms with Crippen LogP contribution in [0.15, 0.2) is 0 Å². The van der Waals surface area contributed by atoms with E-state index in [-0.39, 0.29) is 13.2 Å². The molecule has 0 bridgehead atoms. The van der Waals surface area contributed by atoms with Crippen LogP contribution in [0.5, 0.6) is 0 Å². The summed E-state index contributed by atoms with van der Waals surface area (Å²) in [7, 11) is 3.02. The van der Waals surface area contributed by atoms with Gasteiger partial charge in [0, 0.05) is 33.9 Å². The predicted molar refractivity (Wildman–Crippen MR) is 72.2 cm³/mol. The minimum absolute atomic E-state index is 0.269. The Labute approximate surface area is 122 Å². The summed E-state index contributed by atoms with van der Waals surface area (Å²) in [6.07, 6.45) is -0.110. The topological polar surface area (TPSA) is 125 Å². The van der Waals surface area contributed by atoms with E-state index < -0.39 is 30.4 Å². The SMILES string of the molecule is COCCCN(CCOC)C(=O)NC(CC(=O)O)C(=O)O. The number of methoxy groups -OCH3 is 2. The molecule has 0 aliphatic carbocycles. The zero-order chi connectivity index (χ0) is 16.3. The summed E-state index contributed by atoms with van der Waals surface area (Å²) in [6, 6.07) is -2.11. The molecule has 9 heteroatoms. The van der Waals surface area contributed by atoms with Gasteiger partial charge >= 0.3 is 18.0 Å². The fourth-order valence-corrected chi connectivity index (χ4v) is 1.53. The van der Waals surface area contributed by atoms with Gasteiger partial charge in [-0.15, -0.1) is 0 Å². The Morgan fingerprint density at radius 1 is 1.10 bits per heavy atom. The lowest BCUT2D eigenvalue weighted by molar-refractivity contribution is -0.145. The van der Waals surface area contributed by atoms with E-state index in [2.05, 4.69) is 5.32 Å². The number of aliphatic carboxylic acids is 2. The quantitative estimate of drug-likeness (QED) is 0.444. The summed E-state index contributed by atoms with van der Waals surface area (Å²) in [5.74, 6) is -2.69. The van der Waals surface area contributed by atoms with Gasteiger partial charge in [-0.05, 0) is 6.42 Å². The molecule has 0 spiro atoms. The first-order valence-electron chi connectivity index (χ1n) is 6.40. The Morgan fingerprint density at radius 3 is 2.19 bits per heavy atom. The summed E-state index contributed by atoms with van der Waals surface area (Å²) >= 11 is 0. The number of nitrogens with one attached hydrogen (secondary N) is 1. The average molecular weight is 306 g/mol. The highest BCUT2D eigenvalue weighted by molar-refractivity contribution is 5.86. The van der Waals surface area contributed by atoms with Gasteiger partial charge in [-0.1, -0.05) is 0 Å². The molecule has 1 unspecified atom stereocenters. The normalized spacial score (nSPS) is 11.7. The lowest BCUT2D eigenvalue weighted by atomic mass is 10.2. The fourth-order valence-electron chi connectivity index (χ4n) is 1.53. The van der Waals surface area contributed by atoms with Crippen LogP contribution in [-0.2, 0) is 19.1 Å². The van der Waals surface area contributed by atoms with Gasteiger partial charge < -0.3 is 29.9 Å². The molecular formula is C12H22N2O7. The molecule has 21 heavy (non-hydrogen) atoms. The number of rotatable bonds is 11. The van der Waals surface area contributed by atoms with Gasteiger partial charge in [-0.3, -0.25) is 4.79 Å². The molecule has 2 amide bonds. The Hall–Kier alpha value is -1.87. The molecule has 0 fully saturated rings. The Bertz CT molecular complexity index is 348. The summed E-state index contributed by atoms with van der Waals surface area (Å²) in [6.45, 7) is 1.36. The van der Waals surface area contributed by atoms with Crippen molar-refractivity contribution in [3.05, 3.63) is 0 Å². The molecule has 0 aromatic rings. The molecule has 0 aromatic carbocycles. The van der Waals surface area contributed by atoms with Crippen molar-refractivity contribution in [3.8, 4) is 0 Å². The van der Waals surface area contributed by atoms with Gasteiger partial charge in [0.2, 0.25) is 0 Å². The van der Waals surface area contributed by atoms with Crippen LogP contribution in [0, 0.1) is 0 Å². The second-order valence-electron chi connectivity index (χ2n) is 4.26. The van der Waals surface area contributed by atoms with Crippen molar-refractivity contribution in [1.29, 1.82) is 0 Å². The highest BCUT2D eigenvalue weighted by Crippen LogP contribution is 1.99. The molecule has 0 saturated carbocycles. The van der Waals surface area contributed by atoms with Crippen LogP contribution in [0.1, 0.15) is 12.8 Å². The van der Waals surface area contributed by atoms with E-state index in [9.17, 15) is 14.4 Å². The maximum atomic E-state index is 12.0. The van der Waals surface area contributed by atoms with Crippen molar-refractivity contribution in [3.63, 3.8) is 0 Å². The van der Waals surface area contributed by atoms with Crippen LogP contribution in [0.2, 0.25) is 0 Å². The third-order valence-corrected chi connectivity index (χ3v) is 2.60. The Balaban J connectivity index is 4.59.